The van der Waals surface area contributed by atoms with Gasteiger partial charge in [0.25, 0.3) is 10.0 Å². The van der Waals surface area contributed by atoms with E-state index < -0.39 is 26.6 Å². The van der Waals surface area contributed by atoms with E-state index in [4.69, 9.17) is 0 Å². The van der Waals surface area contributed by atoms with Gasteiger partial charge < -0.3 is 0 Å². The number of rotatable bonds is 5. The molecule has 6 nitrogen and oxygen atoms in total. The van der Waals surface area contributed by atoms with E-state index in [9.17, 15) is 22.0 Å². The molecule has 166 valence electrons. The number of halogens is 2. The summed E-state index contributed by atoms with van der Waals surface area (Å²) in [5, 5.41) is 0. The third-order valence-corrected chi connectivity index (χ3v) is 7.50. The standard InChI is InChI=1S/C22H19F2N3O3S2/c1-13-4-6-14(7-5-13)31-21-12-20-19(26(2)22(28)27(20)3)11-18(21)25-32(29,30)15-8-9-16(23)17(24)10-15/h4-12,25H,1-3H3. The third kappa shape index (κ3) is 4.03. The molecule has 0 amide bonds. The molecule has 0 fully saturated rings. The Morgan fingerprint density at radius 1 is 0.875 bits per heavy atom. The van der Waals surface area contributed by atoms with Gasteiger partial charge in [0.15, 0.2) is 11.6 Å². The van der Waals surface area contributed by atoms with Crippen LogP contribution >= 0.6 is 11.8 Å². The van der Waals surface area contributed by atoms with Crippen molar-refractivity contribution in [1.29, 1.82) is 0 Å². The van der Waals surface area contributed by atoms with Crippen LogP contribution in [-0.2, 0) is 24.1 Å². The van der Waals surface area contributed by atoms with E-state index >= 15 is 0 Å². The van der Waals surface area contributed by atoms with Gasteiger partial charge in [-0.25, -0.2) is 22.0 Å². The normalized spacial score (nSPS) is 11.8. The van der Waals surface area contributed by atoms with Crippen LogP contribution in [0, 0.1) is 18.6 Å². The van der Waals surface area contributed by atoms with Crippen molar-refractivity contribution in [2.24, 2.45) is 14.1 Å². The Hall–Kier alpha value is -3.11. The largest absolute Gasteiger partial charge is 0.328 e. The molecule has 0 aliphatic rings. The first-order valence-corrected chi connectivity index (χ1v) is 11.8. The maximum atomic E-state index is 13.6. The van der Waals surface area contributed by atoms with Crippen molar-refractivity contribution < 1.29 is 17.2 Å². The van der Waals surface area contributed by atoms with Gasteiger partial charge in [-0.1, -0.05) is 29.5 Å². The number of sulfonamides is 1. The molecular weight excluding hydrogens is 456 g/mol. The van der Waals surface area contributed by atoms with E-state index in [0.29, 0.717) is 22.0 Å². The predicted molar refractivity (Wildman–Crippen MR) is 121 cm³/mol. The van der Waals surface area contributed by atoms with Crippen LogP contribution in [-0.4, -0.2) is 17.6 Å². The van der Waals surface area contributed by atoms with Gasteiger partial charge >= 0.3 is 5.69 Å². The fourth-order valence-corrected chi connectivity index (χ4v) is 5.33. The molecule has 0 unspecified atom stereocenters. The molecule has 4 aromatic rings. The molecule has 10 heteroatoms. The fourth-order valence-electron chi connectivity index (χ4n) is 3.27. The summed E-state index contributed by atoms with van der Waals surface area (Å²) < 4.78 is 58.1. The number of aryl methyl sites for hydroxylation is 3. The Bertz CT molecular complexity index is 1510. The molecule has 0 aliphatic heterocycles. The van der Waals surface area contributed by atoms with Gasteiger partial charge in [0.1, 0.15) is 0 Å². The first-order chi connectivity index (χ1) is 15.1. The number of imidazole rings is 1. The molecule has 0 radical (unpaired) electrons. The summed E-state index contributed by atoms with van der Waals surface area (Å²) in [6.45, 7) is 1.96. The smallest absolute Gasteiger partial charge is 0.295 e. The Morgan fingerprint density at radius 3 is 2.12 bits per heavy atom. The van der Waals surface area contributed by atoms with Gasteiger partial charge in [-0.2, -0.15) is 0 Å². The lowest BCUT2D eigenvalue weighted by atomic mass is 10.2. The molecule has 1 N–H and O–H groups in total. The number of anilines is 1. The summed E-state index contributed by atoms with van der Waals surface area (Å²) in [7, 11) is -1.000. The van der Waals surface area contributed by atoms with Gasteiger partial charge in [-0.05, 0) is 49.4 Å². The summed E-state index contributed by atoms with van der Waals surface area (Å²) in [4.78, 5) is 13.4. The number of hydrogen-bond acceptors (Lipinski definition) is 4. The topological polar surface area (TPSA) is 73.1 Å². The highest BCUT2D eigenvalue weighted by atomic mass is 32.2. The van der Waals surface area contributed by atoms with Crippen LogP contribution in [0.3, 0.4) is 0 Å². The molecule has 0 atom stereocenters. The maximum Gasteiger partial charge on any atom is 0.328 e. The zero-order valence-electron chi connectivity index (χ0n) is 17.4. The van der Waals surface area contributed by atoms with Crippen LogP contribution in [0.25, 0.3) is 11.0 Å². The Balaban J connectivity index is 1.85. The van der Waals surface area contributed by atoms with E-state index in [1.165, 1.54) is 20.9 Å². The van der Waals surface area contributed by atoms with Gasteiger partial charge in [0.05, 0.1) is 21.6 Å². The predicted octanol–water partition coefficient (Wildman–Crippen LogP) is 4.42. The lowest BCUT2D eigenvalue weighted by Crippen LogP contribution is -2.19. The van der Waals surface area contributed by atoms with Crippen molar-refractivity contribution in [3.63, 3.8) is 0 Å². The number of fused-ring (bicyclic) bond motifs is 1. The number of hydrogen-bond donors (Lipinski definition) is 1. The summed E-state index contributed by atoms with van der Waals surface area (Å²) in [5.41, 5.74) is 2.19. The third-order valence-electron chi connectivity index (χ3n) is 5.07. The highest BCUT2D eigenvalue weighted by Crippen LogP contribution is 2.37. The SMILES string of the molecule is Cc1ccc(Sc2cc3c(cc2NS(=O)(=O)c2ccc(F)c(F)c2)n(C)c(=O)n3C)cc1. The monoisotopic (exact) mass is 475 g/mol. The molecule has 1 aromatic heterocycles. The molecule has 0 saturated carbocycles. The van der Waals surface area contributed by atoms with Crippen molar-refractivity contribution in [1.82, 2.24) is 9.13 Å². The quantitative estimate of drug-likeness (QED) is 0.464. The van der Waals surface area contributed by atoms with E-state index in [2.05, 4.69) is 4.72 Å². The summed E-state index contributed by atoms with van der Waals surface area (Å²) in [5.74, 6) is -2.40. The second-order valence-corrected chi connectivity index (χ2v) is 10.1. The van der Waals surface area contributed by atoms with Crippen LogP contribution in [0.2, 0.25) is 0 Å². The van der Waals surface area contributed by atoms with E-state index in [0.717, 1.165) is 22.6 Å². The molecule has 0 aliphatic carbocycles. The molecular formula is C22H19F2N3O3S2. The lowest BCUT2D eigenvalue weighted by Gasteiger charge is -2.14. The van der Waals surface area contributed by atoms with Crippen LogP contribution in [0.4, 0.5) is 14.5 Å². The van der Waals surface area contributed by atoms with Gasteiger partial charge in [0.2, 0.25) is 0 Å². The molecule has 4 rings (SSSR count). The summed E-state index contributed by atoms with van der Waals surface area (Å²) in [6, 6.07) is 13.3. The van der Waals surface area contributed by atoms with Crippen molar-refractivity contribution in [3.05, 3.63) is 82.3 Å². The molecule has 1 heterocycles. The second kappa shape index (κ2) is 8.10. The molecule has 0 saturated heterocycles. The average molecular weight is 476 g/mol. The number of aromatic nitrogens is 2. The van der Waals surface area contributed by atoms with E-state index in [-0.39, 0.29) is 11.4 Å². The van der Waals surface area contributed by atoms with Crippen molar-refractivity contribution in [3.8, 4) is 0 Å². The highest BCUT2D eigenvalue weighted by molar-refractivity contribution is 7.99. The average Bonchev–Trinajstić information content (AvgIpc) is 2.95. The minimum Gasteiger partial charge on any atom is -0.295 e. The van der Waals surface area contributed by atoms with Crippen molar-refractivity contribution in [2.45, 2.75) is 21.6 Å². The second-order valence-electron chi connectivity index (χ2n) is 7.33. The van der Waals surface area contributed by atoms with Crippen LogP contribution in [0.15, 0.2) is 74.1 Å². The highest BCUT2D eigenvalue weighted by Gasteiger charge is 2.21. The Morgan fingerprint density at radius 2 is 1.50 bits per heavy atom. The molecule has 0 spiro atoms. The minimum absolute atomic E-state index is 0.217. The number of benzene rings is 3. The fraction of sp³-hybridized carbons (Fsp3) is 0.136. The van der Waals surface area contributed by atoms with E-state index in [1.807, 2.05) is 31.2 Å². The minimum atomic E-state index is -4.22. The summed E-state index contributed by atoms with van der Waals surface area (Å²) >= 11 is 1.32. The van der Waals surface area contributed by atoms with Gasteiger partial charge in [-0.15, -0.1) is 0 Å². The molecule has 0 bridgehead atoms. The van der Waals surface area contributed by atoms with Crippen LogP contribution < -0.4 is 10.4 Å². The van der Waals surface area contributed by atoms with Gasteiger partial charge in [-0.3, -0.25) is 13.9 Å². The first kappa shape index (κ1) is 22.1. The molecule has 32 heavy (non-hydrogen) atoms. The number of nitrogens with zero attached hydrogens (tertiary/aromatic N) is 2. The summed E-state index contributed by atoms with van der Waals surface area (Å²) in [6.07, 6.45) is 0. The van der Waals surface area contributed by atoms with Crippen molar-refractivity contribution >= 4 is 38.5 Å². The van der Waals surface area contributed by atoms with Crippen LogP contribution in [0.1, 0.15) is 5.56 Å². The van der Waals surface area contributed by atoms with Crippen molar-refractivity contribution in [2.75, 3.05) is 4.72 Å². The lowest BCUT2D eigenvalue weighted by molar-refractivity contribution is 0.504. The maximum absolute atomic E-state index is 13.6. The zero-order valence-corrected chi connectivity index (χ0v) is 19.0. The zero-order chi connectivity index (χ0) is 23.2. The Kier molecular flexibility index (Phi) is 5.59. The van der Waals surface area contributed by atoms with Crippen LogP contribution in [0.5, 0.6) is 0 Å². The Labute approximate surface area is 187 Å². The van der Waals surface area contributed by atoms with Gasteiger partial charge in [0, 0.05) is 23.9 Å². The first-order valence-electron chi connectivity index (χ1n) is 9.48. The molecule has 3 aromatic carbocycles. The number of nitrogens with one attached hydrogen (secondary N) is 1. The van der Waals surface area contributed by atoms with E-state index in [1.54, 1.807) is 26.2 Å².